The number of esters is 1. The van der Waals surface area contributed by atoms with E-state index in [2.05, 4.69) is 5.32 Å². The van der Waals surface area contributed by atoms with Crippen molar-refractivity contribution in [1.29, 1.82) is 0 Å². The van der Waals surface area contributed by atoms with Crippen LogP contribution in [0, 0.1) is 6.92 Å². The number of rotatable bonds is 6. The second kappa shape index (κ2) is 9.28. The second-order valence-corrected chi connectivity index (χ2v) is 10.2. The van der Waals surface area contributed by atoms with E-state index < -0.39 is 21.9 Å². The fourth-order valence-electron chi connectivity index (χ4n) is 3.49. The number of benzene rings is 1. The monoisotopic (exact) mass is 450 g/mol. The number of carbonyl (C=O) groups excluding carboxylic acids is 2. The summed E-state index contributed by atoms with van der Waals surface area (Å²) >= 11 is 1.13. The molecule has 1 aromatic carbocycles. The Balaban J connectivity index is 1.80. The number of amides is 1. The van der Waals surface area contributed by atoms with Gasteiger partial charge >= 0.3 is 5.97 Å². The lowest BCUT2D eigenvalue weighted by Crippen LogP contribution is -2.41. The maximum absolute atomic E-state index is 13.1. The lowest BCUT2D eigenvalue weighted by molar-refractivity contribution is 0.0531. The summed E-state index contributed by atoms with van der Waals surface area (Å²) in [7, 11) is -3.67. The first-order valence-electron chi connectivity index (χ1n) is 9.95. The van der Waals surface area contributed by atoms with Gasteiger partial charge in [0.1, 0.15) is 4.88 Å². The molecule has 0 spiro atoms. The van der Waals surface area contributed by atoms with Gasteiger partial charge in [-0.3, -0.25) is 4.79 Å². The van der Waals surface area contributed by atoms with Gasteiger partial charge in [-0.25, -0.2) is 13.2 Å². The molecule has 3 rings (SSSR count). The minimum atomic E-state index is -3.67. The minimum Gasteiger partial charge on any atom is -0.462 e. The van der Waals surface area contributed by atoms with Crippen molar-refractivity contribution in [2.45, 2.75) is 51.0 Å². The summed E-state index contributed by atoms with van der Waals surface area (Å²) < 4.78 is 32.7. The number of sulfonamides is 1. The maximum Gasteiger partial charge on any atom is 0.348 e. The van der Waals surface area contributed by atoms with Gasteiger partial charge < -0.3 is 10.1 Å². The number of aryl methyl sites for hydroxylation is 1. The van der Waals surface area contributed by atoms with Gasteiger partial charge in [0.05, 0.1) is 16.5 Å². The highest BCUT2D eigenvalue weighted by atomic mass is 32.2. The molecule has 162 valence electrons. The van der Waals surface area contributed by atoms with E-state index in [1.165, 1.54) is 16.4 Å². The topological polar surface area (TPSA) is 92.8 Å². The number of carbonyl (C=O) groups is 2. The molecule has 0 aliphatic carbocycles. The zero-order valence-corrected chi connectivity index (χ0v) is 18.9. The number of nitrogens with zero attached hydrogens (tertiary/aromatic N) is 1. The van der Waals surface area contributed by atoms with E-state index in [1.54, 1.807) is 32.0 Å². The first-order valence-corrected chi connectivity index (χ1v) is 12.2. The van der Waals surface area contributed by atoms with E-state index in [9.17, 15) is 18.0 Å². The van der Waals surface area contributed by atoms with E-state index in [1.807, 2.05) is 6.92 Å². The highest BCUT2D eigenvalue weighted by molar-refractivity contribution is 7.89. The Kier molecular flexibility index (Phi) is 6.95. The molecule has 1 aliphatic rings. The van der Waals surface area contributed by atoms with E-state index in [4.69, 9.17) is 4.74 Å². The molecule has 2 heterocycles. The predicted molar refractivity (Wildman–Crippen MR) is 117 cm³/mol. The summed E-state index contributed by atoms with van der Waals surface area (Å²) in [6.07, 6.45) is 2.69. The van der Waals surface area contributed by atoms with Gasteiger partial charge in [-0.2, -0.15) is 4.31 Å². The minimum absolute atomic E-state index is 0.0587. The number of piperidine rings is 1. The molecule has 9 heteroatoms. The van der Waals surface area contributed by atoms with Crippen LogP contribution < -0.4 is 5.32 Å². The Hall–Kier alpha value is -2.23. The average molecular weight is 451 g/mol. The quantitative estimate of drug-likeness (QED) is 0.670. The fraction of sp³-hybridized carbons (Fsp3) is 0.429. The molecular formula is C21H26N2O5S2. The van der Waals surface area contributed by atoms with Gasteiger partial charge in [0.15, 0.2) is 0 Å². The zero-order valence-electron chi connectivity index (χ0n) is 17.3. The third kappa shape index (κ3) is 4.74. The summed E-state index contributed by atoms with van der Waals surface area (Å²) in [4.78, 5) is 25.2. The number of hydrogen-bond donors (Lipinski definition) is 1. The number of ether oxygens (including phenoxy) is 1. The Morgan fingerprint density at radius 2 is 2.03 bits per heavy atom. The van der Waals surface area contributed by atoms with Crippen LogP contribution in [0.5, 0.6) is 0 Å². The molecule has 0 radical (unpaired) electrons. The van der Waals surface area contributed by atoms with Crippen LogP contribution in [-0.4, -0.2) is 43.8 Å². The summed E-state index contributed by atoms with van der Waals surface area (Å²) in [6.45, 7) is 6.17. The molecule has 1 amide bonds. The van der Waals surface area contributed by atoms with Crippen LogP contribution in [0.4, 0.5) is 5.00 Å². The highest BCUT2D eigenvalue weighted by Gasteiger charge is 2.31. The molecule has 7 nitrogen and oxygen atoms in total. The Bertz CT molecular complexity index is 1050. The smallest absolute Gasteiger partial charge is 0.348 e. The second-order valence-electron chi connectivity index (χ2n) is 7.29. The van der Waals surface area contributed by atoms with Crippen molar-refractivity contribution >= 4 is 38.2 Å². The van der Waals surface area contributed by atoms with Gasteiger partial charge in [-0.1, -0.05) is 12.5 Å². The number of nitrogens with one attached hydrogen (secondary N) is 1. The van der Waals surface area contributed by atoms with Crippen molar-refractivity contribution in [3.8, 4) is 0 Å². The van der Waals surface area contributed by atoms with E-state index in [-0.39, 0.29) is 23.1 Å². The van der Waals surface area contributed by atoms with Gasteiger partial charge in [0.2, 0.25) is 10.0 Å². The van der Waals surface area contributed by atoms with Crippen molar-refractivity contribution in [2.24, 2.45) is 0 Å². The summed E-state index contributed by atoms with van der Waals surface area (Å²) in [6, 6.07) is 7.70. The third-order valence-electron chi connectivity index (χ3n) is 5.06. The standard InChI is InChI=1S/C21H26N2O5S2/c1-4-28-21(25)19-14(2)12-18(29-19)22-20(24)16-9-7-10-17(13-16)30(26,27)23-11-6-5-8-15(23)3/h7,9-10,12-13,15H,4-6,8,11H2,1-3H3,(H,22,24)/t15-/m1/s1. The van der Waals surface area contributed by atoms with Crippen molar-refractivity contribution in [1.82, 2.24) is 4.31 Å². The molecule has 1 aliphatic heterocycles. The fourth-order valence-corrected chi connectivity index (χ4v) is 6.20. The van der Waals surface area contributed by atoms with Crippen molar-refractivity contribution in [2.75, 3.05) is 18.5 Å². The molecule has 1 fully saturated rings. The molecule has 1 atom stereocenters. The number of anilines is 1. The normalized spacial score (nSPS) is 17.5. The largest absolute Gasteiger partial charge is 0.462 e. The SMILES string of the molecule is CCOC(=O)c1sc(NC(=O)c2cccc(S(=O)(=O)N3CCCC[C@H]3C)c2)cc1C. The lowest BCUT2D eigenvalue weighted by atomic mass is 10.1. The molecule has 2 aromatic rings. The van der Waals surface area contributed by atoms with Gasteiger partial charge in [-0.15, -0.1) is 11.3 Å². The molecule has 0 bridgehead atoms. The molecule has 1 aromatic heterocycles. The van der Waals surface area contributed by atoms with Gasteiger partial charge in [-0.05, 0) is 63.4 Å². The average Bonchev–Trinajstić information content (AvgIpc) is 3.08. The van der Waals surface area contributed by atoms with E-state index >= 15 is 0 Å². The molecule has 1 saturated heterocycles. The van der Waals surface area contributed by atoms with Crippen molar-refractivity contribution in [3.63, 3.8) is 0 Å². The van der Waals surface area contributed by atoms with Crippen LogP contribution in [-0.2, 0) is 14.8 Å². The summed E-state index contributed by atoms with van der Waals surface area (Å²) in [5.41, 5.74) is 0.952. The van der Waals surface area contributed by atoms with Gasteiger partial charge in [0.25, 0.3) is 5.91 Å². The van der Waals surface area contributed by atoms with Crippen molar-refractivity contribution in [3.05, 3.63) is 46.3 Å². The van der Waals surface area contributed by atoms with E-state index in [0.29, 0.717) is 22.0 Å². The molecule has 0 unspecified atom stereocenters. The Morgan fingerprint density at radius 3 is 2.73 bits per heavy atom. The Labute approximate surface area is 181 Å². The summed E-state index contributed by atoms with van der Waals surface area (Å²) in [5, 5.41) is 3.25. The van der Waals surface area contributed by atoms with Crippen molar-refractivity contribution < 1.29 is 22.7 Å². The van der Waals surface area contributed by atoms with Gasteiger partial charge in [0, 0.05) is 18.2 Å². The van der Waals surface area contributed by atoms with Crippen LogP contribution in [0.2, 0.25) is 0 Å². The first-order chi connectivity index (χ1) is 14.2. The summed E-state index contributed by atoms with van der Waals surface area (Å²) in [5.74, 6) is -0.861. The molecule has 0 saturated carbocycles. The number of hydrogen-bond acceptors (Lipinski definition) is 6. The lowest BCUT2D eigenvalue weighted by Gasteiger charge is -2.32. The molecule has 1 N–H and O–H groups in total. The zero-order chi connectivity index (χ0) is 21.9. The molecular weight excluding hydrogens is 424 g/mol. The third-order valence-corrected chi connectivity index (χ3v) is 8.20. The van der Waals surface area contributed by atoms with Crippen LogP contribution in [0.15, 0.2) is 35.2 Å². The van der Waals surface area contributed by atoms with Crippen LogP contribution in [0.1, 0.15) is 58.7 Å². The molecule has 30 heavy (non-hydrogen) atoms. The van der Waals surface area contributed by atoms with Crippen LogP contribution in [0.3, 0.4) is 0 Å². The first kappa shape index (κ1) is 22.5. The number of thiophene rings is 1. The maximum atomic E-state index is 13.1. The van der Waals surface area contributed by atoms with Crippen LogP contribution >= 0.6 is 11.3 Å². The highest BCUT2D eigenvalue weighted by Crippen LogP contribution is 2.29. The predicted octanol–water partition coefficient (Wildman–Crippen LogP) is 4.05. The van der Waals surface area contributed by atoms with Crippen LogP contribution in [0.25, 0.3) is 0 Å². The Morgan fingerprint density at radius 1 is 1.27 bits per heavy atom. The van der Waals surface area contributed by atoms with E-state index in [0.717, 1.165) is 30.6 Å².